The first kappa shape index (κ1) is 23.2. The molecule has 0 amide bonds. The number of nitrogens with zero attached hydrogens (tertiary/aromatic N) is 4. The molecular formula is C30H29N5O2. The minimum Gasteiger partial charge on any atom is -0.494 e. The van der Waals surface area contributed by atoms with Crippen LogP contribution in [0.2, 0.25) is 0 Å². The van der Waals surface area contributed by atoms with Gasteiger partial charge in [0, 0.05) is 71.4 Å². The second kappa shape index (κ2) is 9.33. The minimum atomic E-state index is -0.127. The van der Waals surface area contributed by atoms with E-state index >= 15 is 0 Å². The largest absolute Gasteiger partial charge is 0.494 e. The van der Waals surface area contributed by atoms with Gasteiger partial charge in [0.05, 0.1) is 23.8 Å². The third-order valence-corrected chi connectivity index (χ3v) is 7.27. The number of methoxy groups -OCH3 is 1. The number of pyridine rings is 3. The van der Waals surface area contributed by atoms with Crippen LogP contribution in [0.1, 0.15) is 18.5 Å². The second-order valence-electron chi connectivity index (χ2n) is 9.67. The molecule has 0 atom stereocenters. The van der Waals surface area contributed by atoms with Gasteiger partial charge in [0.1, 0.15) is 5.75 Å². The number of anilines is 1. The van der Waals surface area contributed by atoms with Crippen LogP contribution in [0.25, 0.3) is 38.6 Å². The normalized spacial score (nSPS) is 14.4. The van der Waals surface area contributed by atoms with E-state index in [0.29, 0.717) is 11.4 Å². The Bertz CT molecular complexity index is 1670. The number of hydrogen-bond donors (Lipinski definition) is 1. The van der Waals surface area contributed by atoms with Crippen molar-refractivity contribution in [1.82, 2.24) is 14.5 Å². The Morgan fingerprint density at radius 1 is 0.919 bits per heavy atom. The Balaban J connectivity index is 1.55. The summed E-state index contributed by atoms with van der Waals surface area (Å²) in [4.78, 5) is 24.9. The van der Waals surface area contributed by atoms with E-state index in [2.05, 4.69) is 33.1 Å². The molecule has 186 valence electrons. The molecule has 5 aromatic rings. The maximum absolute atomic E-state index is 13.4. The van der Waals surface area contributed by atoms with Gasteiger partial charge in [-0.2, -0.15) is 0 Å². The summed E-state index contributed by atoms with van der Waals surface area (Å²) in [7, 11) is 1.65. The van der Waals surface area contributed by atoms with Gasteiger partial charge in [-0.05, 0) is 61.7 Å². The van der Waals surface area contributed by atoms with Gasteiger partial charge in [0.25, 0.3) is 5.56 Å². The summed E-state index contributed by atoms with van der Waals surface area (Å²) in [6.45, 7) is 3.79. The number of rotatable bonds is 4. The minimum absolute atomic E-state index is 0.127. The van der Waals surface area contributed by atoms with Crippen molar-refractivity contribution < 1.29 is 4.74 Å². The number of ether oxygens (including phenoxy) is 1. The molecule has 1 saturated heterocycles. The first-order valence-corrected chi connectivity index (χ1v) is 12.6. The molecular weight excluding hydrogens is 462 g/mol. The first-order chi connectivity index (χ1) is 18.0. The fourth-order valence-electron chi connectivity index (χ4n) is 5.17. The number of hydrogen-bond acceptors (Lipinski definition) is 6. The second-order valence-corrected chi connectivity index (χ2v) is 9.67. The molecule has 1 aliphatic heterocycles. The molecule has 7 heteroatoms. The van der Waals surface area contributed by atoms with Crippen LogP contribution in [0.5, 0.6) is 5.75 Å². The maximum Gasteiger partial charge on any atom is 0.255 e. The van der Waals surface area contributed by atoms with Gasteiger partial charge in [-0.25, -0.2) is 0 Å². The van der Waals surface area contributed by atoms with Crippen molar-refractivity contribution in [1.29, 1.82) is 0 Å². The van der Waals surface area contributed by atoms with Crippen molar-refractivity contribution in [3.8, 4) is 22.6 Å². The smallest absolute Gasteiger partial charge is 0.255 e. The molecule has 0 unspecified atom stereocenters. The van der Waals surface area contributed by atoms with Gasteiger partial charge in [-0.15, -0.1) is 0 Å². The lowest BCUT2D eigenvalue weighted by Gasteiger charge is -2.32. The van der Waals surface area contributed by atoms with Crippen LogP contribution in [0.15, 0.2) is 77.9 Å². The van der Waals surface area contributed by atoms with Gasteiger partial charge in [0.2, 0.25) is 0 Å². The quantitative estimate of drug-likeness (QED) is 0.362. The van der Waals surface area contributed by atoms with Crippen LogP contribution >= 0.6 is 0 Å². The van der Waals surface area contributed by atoms with Gasteiger partial charge >= 0.3 is 0 Å². The van der Waals surface area contributed by atoms with E-state index in [-0.39, 0.29) is 11.6 Å². The molecule has 2 aromatic carbocycles. The van der Waals surface area contributed by atoms with Crippen molar-refractivity contribution >= 4 is 27.5 Å². The fourth-order valence-corrected chi connectivity index (χ4v) is 5.17. The van der Waals surface area contributed by atoms with Crippen LogP contribution in [0.4, 0.5) is 5.69 Å². The Labute approximate surface area is 215 Å². The van der Waals surface area contributed by atoms with Crippen LogP contribution in [-0.4, -0.2) is 40.8 Å². The van der Waals surface area contributed by atoms with Crippen LogP contribution < -0.4 is 20.9 Å². The van der Waals surface area contributed by atoms with Gasteiger partial charge in [-0.3, -0.25) is 19.3 Å². The van der Waals surface area contributed by atoms with Gasteiger partial charge < -0.3 is 15.4 Å². The molecule has 7 nitrogen and oxygen atoms in total. The molecule has 3 aromatic heterocycles. The number of aromatic nitrogens is 3. The Morgan fingerprint density at radius 2 is 1.73 bits per heavy atom. The zero-order chi connectivity index (χ0) is 25.5. The molecule has 6 rings (SSSR count). The maximum atomic E-state index is 13.4. The number of benzene rings is 2. The third-order valence-electron chi connectivity index (χ3n) is 7.27. The molecule has 0 aliphatic carbocycles. The Morgan fingerprint density at radius 3 is 2.49 bits per heavy atom. The molecule has 0 radical (unpaired) electrons. The number of nitrogens with two attached hydrogens (primary N) is 1. The molecule has 1 aliphatic rings. The zero-order valence-electron chi connectivity index (χ0n) is 21.0. The van der Waals surface area contributed by atoms with E-state index < -0.39 is 0 Å². The summed E-state index contributed by atoms with van der Waals surface area (Å²) in [5, 5.41) is 1.77. The fraction of sp³-hybridized carbons (Fsp3) is 0.233. The summed E-state index contributed by atoms with van der Waals surface area (Å²) >= 11 is 0. The van der Waals surface area contributed by atoms with E-state index in [4.69, 9.17) is 10.5 Å². The van der Waals surface area contributed by atoms with Crippen LogP contribution in [-0.2, 0) is 0 Å². The van der Waals surface area contributed by atoms with Crippen LogP contribution in [0, 0.1) is 6.92 Å². The summed E-state index contributed by atoms with van der Waals surface area (Å²) in [6, 6.07) is 19.9. The topological polar surface area (TPSA) is 86.3 Å². The lowest BCUT2D eigenvalue weighted by Crippen LogP contribution is -2.39. The van der Waals surface area contributed by atoms with Crippen molar-refractivity contribution in [2.24, 2.45) is 5.73 Å². The van der Waals surface area contributed by atoms with E-state index in [1.165, 1.54) is 0 Å². The van der Waals surface area contributed by atoms with Gasteiger partial charge in [-0.1, -0.05) is 12.1 Å². The van der Waals surface area contributed by atoms with Crippen LogP contribution in [0.3, 0.4) is 0 Å². The van der Waals surface area contributed by atoms with Crippen molar-refractivity contribution in [2.75, 3.05) is 25.1 Å². The van der Waals surface area contributed by atoms with Crippen molar-refractivity contribution in [2.45, 2.75) is 25.8 Å². The summed E-state index contributed by atoms with van der Waals surface area (Å²) in [6.07, 6.45) is 5.62. The number of piperidine rings is 1. The molecule has 37 heavy (non-hydrogen) atoms. The summed E-state index contributed by atoms with van der Waals surface area (Å²) < 4.78 is 7.58. The predicted octanol–water partition coefficient (Wildman–Crippen LogP) is 4.85. The lowest BCUT2D eigenvalue weighted by atomic mass is 10.0. The molecule has 2 N–H and O–H groups in total. The Hall–Kier alpha value is -4.23. The molecule has 1 fully saturated rings. The SMILES string of the molecule is COc1cc(N2CCC(N)CC2)ccc1-n1c(=O)ccc2cnc3ccc(-c4ccc(C)nc4)cc3c21. The highest BCUT2D eigenvalue weighted by atomic mass is 16.5. The van der Waals surface area contributed by atoms with Crippen molar-refractivity contribution in [3.05, 3.63) is 89.1 Å². The number of aryl methyl sites for hydroxylation is 1. The summed E-state index contributed by atoms with van der Waals surface area (Å²) in [5.41, 5.74) is 12.4. The van der Waals surface area contributed by atoms with E-state index in [1.807, 2.05) is 55.7 Å². The standard InChI is InChI=1S/C30H29N5O2/c1-19-3-4-21(17-32-19)20-5-8-26-25(15-20)30-22(18-33-26)6-10-29(36)35(30)27-9-7-24(16-28(27)37-2)34-13-11-23(31)12-14-34/h3-10,15-18,23H,11-14,31H2,1-2H3. The molecule has 0 spiro atoms. The average Bonchev–Trinajstić information content (AvgIpc) is 2.93. The molecule has 4 heterocycles. The average molecular weight is 492 g/mol. The molecule has 0 saturated carbocycles. The van der Waals surface area contributed by atoms with Crippen molar-refractivity contribution in [3.63, 3.8) is 0 Å². The summed E-state index contributed by atoms with van der Waals surface area (Å²) in [5.74, 6) is 0.644. The monoisotopic (exact) mass is 491 g/mol. The highest BCUT2D eigenvalue weighted by Gasteiger charge is 2.19. The van der Waals surface area contributed by atoms with E-state index in [0.717, 1.165) is 70.2 Å². The highest BCUT2D eigenvalue weighted by Crippen LogP contribution is 2.34. The lowest BCUT2D eigenvalue weighted by molar-refractivity contribution is 0.412. The highest BCUT2D eigenvalue weighted by molar-refractivity contribution is 6.05. The van der Waals surface area contributed by atoms with E-state index in [1.54, 1.807) is 17.7 Å². The van der Waals surface area contributed by atoms with E-state index in [9.17, 15) is 4.79 Å². The first-order valence-electron chi connectivity index (χ1n) is 12.6. The predicted molar refractivity (Wildman–Crippen MR) is 149 cm³/mol. The Kier molecular flexibility index (Phi) is 5.85. The molecule has 0 bridgehead atoms. The zero-order valence-corrected chi connectivity index (χ0v) is 21.0. The van der Waals surface area contributed by atoms with Gasteiger partial charge in [0.15, 0.2) is 0 Å². The number of fused-ring (bicyclic) bond motifs is 3. The third kappa shape index (κ3) is 4.21.